The molecule has 16 heavy (non-hydrogen) atoms. The first-order valence-corrected chi connectivity index (χ1v) is 4.93. The lowest BCUT2D eigenvalue weighted by molar-refractivity contribution is 0.557. The normalized spacial score (nSPS) is 11.1. The van der Waals surface area contributed by atoms with Crippen LogP contribution >= 0.6 is 0 Å². The average molecular weight is 210 g/mol. The topological polar surface area (TPSA) is 49.8 Å². The van der Waals surface area contributed by atoms with E-state index in [1.54, 1.807) is 19.2 Å². The molecule has 78 valence electrons. The fourth-order valence-electron chi connectivity index (χ4n) is 1.37. The molecule has 0 aliphatic heterocycles. The van der Waals surface area contributed by atoms with Gasteiger partial charge in [-0.3, -0.25) is 0 Å². The molecule has 1 aromatic carbocycles. The van der Waals surface area contributed by atoms with E-state index in [0.717, 1.165) is 5.56 Å². The Hall–Kier alpha value is -2.34. The van der Waals surface area contributed by atoms with Crippen LogP contribution in [0.1, 0.15) is 12.8 Å². The van der Waals surface area contributed by atoms with Gasteiger partial charge >= 0.3 is 0 Å². The summed E-state index contributed by atoms with van der Waals surface area (Å²) in [7, 11) is 0. The summed E-state index contributed by atoms with van der Waals surface area (Å²) in [4.78, 5) is 4.08. The third-order valence-electron chi connectivity index (χ3n) is 2.20. The van der Waals surface area contributed by atoms with Crippen molar-refractivity contribution in [1.29, 1.82) is 5.26 Å². The van der Waals surface area contributed by atoms with Crippen molar-refractivity contribution in [2.45, 2.75) is 6.92 Å². The summed E-state index contributed by atoms with van der Waals surface area (Å²) in [5.74, 6) is 1.04. The van der Waals surface area contributed by atoms with Gasteiger partial charge in [0.1, 0.15) is 11.6 Å². The van der Waals surface area contributed by atoms with E-state index in [2.05, 4.69) is 4.98 Å². The van der Waals surface area contributed by atoms with Gasteiger partial charge in [0.15, 0.2) is 5.76 Å². The van der Waals surface area contributed by atoms with Gasteiger partial charge in [0, 0.05) is 5.56 Å². The molecule has 1 aromatic heterocycles. The van der Waals surface area contributed by atoms with Crippen molar-refractivity contribution >= 4 is 5.57 Å². The highest BCUT2D eigenvalue weighted by Gasteiger charge is 2.09. The molecule has 0 saturated carbocycles. The van der Waals surface area contributed by atoms with Gasteiger partial charge in [-0.2, -0.15) is 5.26 Å². The number of allylic oxidation sites excluding steroid dienone is 2. The SMILES string of the molecule is C/C=C(\C#N)c1ncc(-c2ccccc2)o1. The Morgan fingerprint density at radius 1 is 1.38 bits per heavy atom. The first-order chi connectivity index (χ1) is 7.85. The van der Waals surface area contributed by atoms with Gasteiger partial charge in [-0.15, -0.1) is 0 Å². The van der Waals surface area contributed by atoms with Crippen LogP contribution in [0.2, 0.25) is 0 Å². The van der Waals surface area contributed by atoms with Gasteiger partial charge in [-0.25, -0.2) is 4.98 Å². The van der Waals surface area contributed by atoms with Crippen molar-refractivity contribution in [2.75, 3.05) is 0 Å². The second-order valence-corrected chi connectivity index (χ2v) is 3.21. The molecule has 0 atom stereocenters. The Bertz CT molecular complexity index is 547. The van der Waals surface area contributed by atoms with Crippen LogP contribution in [-0.2, 0) is 0 Å². The fourth-order valence-corrected chi connectivity index (χ4v) is 1.37. The summed E-state index contributed by atoms with van der Waals surface area (Å²) in [6, 6.07) is 11.7. The molecule has 0 aliphatic rings. The minimum absolute atomic E-state index is 0.365. The molecule has 2 rings (SSSR count). The average Bonchev–Trinajstić information content (AvgIpc) is 2.81. The number of oxazole rings is 1. The van der Waals surface area contributed by atoms with E-state index in [1.807, 2.05) is 36.4 Å². The third-order valence-corrected chi connectivity index (χ3v) is 2.20. The Kier molecular flexibility index (Phi) is 2.84. The van der Waals surface area contributed by atoms with Gasteiger partial charge in [0.05, 0.1) is 6.20 Å². The Morgan fingerprint density at radius 2 is 2.12 bits per heavy atom. The van der Waals surface area contributed by atoms with E-state index >= 15 is 0 Å². The monoisotopic (exact) mass is 210 g/mol. The molecule has 0 radical (unpaired) electrons. The van der Waals surface area contributed by atoms with Crippen LogP contribution in [0.25, 0.3) is 16.9 Å². The van der Waals surface area contributed by atoms with Crippen LogP contribution in [0.5, 0.6) is 0 Å². The quantitative estimate of drug-likeness (QED) is 0.715. The van der Waals surface area contributed by atoms with Crippen molar-refractivity contribution in [3.05, 3.63) is 48.5 Å². The highest BCUT2D eigenvalue weighted by atomic mass is 16.4. The first-order valence-electron chi connectivity index (χ1n) is 4.93. The molecular formula is C13H10N2O. The van der Waals surface area contributed by atoms with E-state index in [1.165, 1.54) is 0 Å². The van der Waals surface area contributed by atoms with Crippen LogP contribution in [0.4, 0.5) is 0 Å². The van der Waals surface area contributed by atoms with E-state index in [0.29, 0.717) is 17.2 Å². The summed E-state index contributed by atoms with van der Waals surface area (Å²) >= 11 is 0. The van der Waals surface area contributed by atoms with E-state index in [9.17, 15) is 0 Å². The largest absolute Gasteiger partial charge is 0.435 e. The minimum Gasteiger partial charge on any atom is -0.435 e. The van der Waals surface area contributed by atoms with E-state index < -0.39 is 0 Å². The summed E-state index contributed by atoms with van der Waals surface area (Å²) in [6.45, 7) is 1.78. The van der Waals surface area contributed by atoms with Crippen molar-refractivity contribution in [3.8, 4) is 17.4 Å². The van der Waals surface area contributed by atoms with E-state index in [-0.39, 0.29) is 0 Å². The Labute approximate surface area is 93.7 Å². The van der Waals surface area contributed by atoms with Gasteiger partial charge in [-0.05, 0) is 6.92 Å². The van der Waals surface area contributed by atoms with Gasteiger partial charge in [-0.1, -0.05) is 36.4 Å². The predicted octanol–water partition coefficient (Wildman–Crippen LogP) is 3.27. The molecule has 0 aliphatic carbocycles. The molecule has 0 unspecified atom stereocenters. The standard InChI is InChI=1S/C13H10N2O/c1-2-10(8-14)13-15-9-12(16-13)11-6-4-3-5-7-11/h2-7,9H,1H3/b10-2+. The fraction of sp³-hybridized carbons (Fsp3) is 0.0769. The molecule has 1 heterocycles. The summed E-state index contributed by atoms with van der Waals surface area (Å²) in [5.41, 5.74) is 1.40. The number of hydrogen-bond donors (Lipinski definition) is 0. The highest BCUT2D eigenvalue weighted by Crippen LogP contribution is 2.22. The van der Waals surface area contributed by atoms with Crippen LogP contribution in [-0.4, -0.2) is 4.98 Å². The van der Waals surface area contributed by atoms with Gasteiger partial charge in [0.2, 0.25) is 5.89 Å². The molecule has 2 aromatic rings. The molecule has 3 heteroatoms. The van der Waals surface area contributed by atoms with Crippen molar-refractivity contribution in [3.63, 3.8) is 0 Å². The lowest BCUT2D eigenvalue weighted by Crippen LogP contribution is -1.78. The minimum atomic E-state index is 0.365. The lowest BCUT2D eigenvalue weighted by Gasteiger charge is -1.93. The Balaban J connectivity index is 2.38. The molecule has 3 nitrogen and oxygen atoms in total. The molecule has 0 amide bonds. The molecule has 0 fully saturated rings. The number of hydrogen-bond acceptors (Lipinski definition) is 3. The third kappa shape index (κ3) is 1.86. The molecule has 0 N–H and O–H groups in total. The number of nitriles is 1. The lowest BCUT2D eigenvalue weighted by atomic mass is 10.2. The molecule has 0 spiro atoms. The summed E-state index contributed by atoms with van der Waals surface area (Å²) < 4.78 is 5.51. The van der Waals surface area contributed by atoms with Crippen LogP contribution in [0.3, 0.4) is 0 Å². The Morgan fingerprint density at radius 3 is 2.75 bits per heavy atom. The maximum Gasteiger partial charge on any atom is 0.237 e. The zero-order valence-corrected chi connectivity index (χ0v) is 8.84. The second-order valence-electron chi connectivity index (χ2n) is 3.21. The van der Waals surface area contributed by atoms with Gasteiger partial charge < -0.3 is 4.42 Å². The number of aromatic nitrogens is 1. The van der Waals surface area contributed by atoms with Gasteiger partial charge in [0.25, 0.3) is 0 Å². The van der Waals surface area contributed by atoms with Crippen LogP contribution in [0.15, 0.2) is 47.0 Å². The highest BCUT2D eigenvalue weighted by molar-refractivity contribution is 5.72. The summed E-state index contributed by atoms with van der Waals surface area (Å²) in [6.07, 6.45) is 3.31. The summed E-state index contributed by atoms with van der Waals surface area (Å²) in [5, 5.41) is 8.84. The number of rotatable bonds is 2. The number of benzene rings is 1. The van der Waals surface area contributed by atoms with Crippen molar-refractivity contribution in [2.24, 2.45) is 0 Å². The zero-order chi connectivity index (χ0) is 11.4. The molecular weight excluding hydrogens is 200 g/mol. The second kappa shape index (κ2) is 4.45. The zero-order valence-electron chi connectivity index (χ0n) is 8.84. The first kappa shape index (κ1) is 10.2. The van der Waals surface area contributed by atoms with Crippen LogP contribution in [0, 0.1) is 11.3 Å². The van der Waals surface area contributed by atoms with Crippen molar-refractivity contribution < 1.29 is 4.42 Å². The smallest absolute Gasteiger partial charge is 0.237 e. The van der Waals surface area contributed by atoms with Crippen molar-refractivity contribution in [1.82, 2.24) is 4.98 Å². The molecule has 0 bridgehead atoms. The predicted molar refractivity (Wildman–Crippen MR) is 61.2 cm³/mol. The van der Waals surface area contributed by atoms with E-state index in [4.69, 9.17) is 9.68 Å². The molecule has 0 saturated heterocycles. The van der Waals surface area contributed by atoms with Crippen LogP contribution < -0.4 is 0 Å². The maximum absolute atomic E-state index is 8.84. The maximum atomic E-state index is 8.84. The number of nitrogens with zero attached hydrogens (tertiary/aromatic N) is 2.